The summed E-state index contributed by atoms with van der Waals surface area (Å²) in [4.78, 5) is 22.8. The molecule has 0 saturated heterocycles. The van der Waals surface area contributed by atoms with Crippen molar-refractivity contribution in [1.82, 2.24) is 0 Å². The molecule has 12 heteroatoms. The van der Waals surface area contributed by atoms with E-state index in [0.29, 0.717) is 12.1 Å². The van der Waals surface area contributed by atoms with Crippen LogP contribution in [-0.4, -0.2) is 31.2 Å². The van der Waals surface area contributed by atoms with E-state index in [2.05, 4.69) is 0 Å². The average molecular weight is 533 g/mol. The molecule has 3 rings (SSSR count). The predicted molar refractivity (Wildman–Crippen MR) is 119 cm³/mol. The number of methoxy groups -OCH3 is 1. The van der Waals surface area contributed by atoms with Gasteiger partial charge in [-0.25, -0.2) is 0 Å². The maximum Gasteiger partial charge on any atom is 0.416 e. The zero-order valence-corrected chi connectivity index (χ0v) is 20.0. The molecule has 1 aliphatic carbocycles. The smallest absolute Gasteiger partial charge is 0.416 e. The first-order valence-electron chi connectivity index (χ1n) is 11.2. The molecule has 0 aliphatic heterocycles. The lowest BCUT2D eigenvalue weighted by atomic mass is 9.49. The number of nitrogens with zero attached hydrogens (tertiary/aromatic N) is 1. The van der Waals surface area contributed by atoms with Crippen LogP contribution >= 0.6 is 0 Å². The largest absolute Gasteiger partial charge is 0.469 e. The molecule has 1 saturated carbocycles. The van der Waals surface area contributed by atoms with Crippen LogP contribution in [0.3, 0.4) is 0 Å². The minimum absolute atomic E-state index is 0.0480. The number of alkyl halides is 6. The second-order valence-corrected chi connectivity index (χ2v) is 9.54. The molecule has 0 aromatic heterocycles. The summed E-state index contributed by atoms with van der Waals surface area (Å²) in [5.74, 6) is -0.624. The zero-order chi connectivity index (χ0) is 27.6. The molecule has 202 valence electrons. The van der Waals surface area contributed by atoms with Crippen molar-refractivity contribution >= 4 is 5.97 Å². The molecule has 1 aliphatic rings. The first-order valence-corrected chi connectivity index (χ1v) is 11.2. The van der Waals surface area contributed by atoms with E-state index < -0.39 is 57.9 Å². The highest BCUT2D eigenvalue weighted by atomic mass is 19.4. The second-order valence-electron chi connectivity index (χ2n) is 9.54. The fourth-order valence-corrected chi connectivity index (χ4v) is 5.10. The van der Waals surface area contributed by atoms with Gasteiger partial charge in [0.25, 0.3) is 0 Å². The monoisotopic (exact) mass is 533 g/mol. The Morgan fingerprint density at radius 3 is 2.03 bits per heavy atom. The number of carbonyl (C=O) groups is 1. The first-order chi connectivity index (χ1) is 17.1. The molecule has 1 fully saturated rings. The number of halogens is 6. The molecule has 0 unspecified atom stereocenters. The Labute approximate surface area is 208 Å². The average Bonchev–Trinajstić information content (AvgIpc) is 2.79. The lowest BCUT2D eigenvalue weighted by molar-refractivity contribution is -0.504. The van der Waals surface area contributed by atoms with Crippen molar-refractivity contribution in [2.75, 3.05) is 20.3 Å². The molecule has 2 aromatic carbocycles. The van der Waals surface area contributed by atoms with E-state index in [1.54, 1.807) is 30.3 Å². The maximum absolute atomic E-state index is 13.3. The Balaban J connectivity index is 1.90. The number of benzene rings is 2. The maximum atomic E-state index is 13.3. The molecular weight excluding hydrogens is 508 g/mol. The quantitative estimate of drug-likeness (QED) is 0.162. The van der Waals surface area contributed by atoms with Crippen molar-refractivity contribution < 1.29 is 45.5 Å². The molecule has 0 spiro atoms. The van der Waals surface area contributed by atoms with Gasteiger partial charge in [0.1, 0.15) is 0 Å². The molecule has 1 atom stereocenters. The third-order valence-corrected chi connectivity index (χ3v) is 6.71. The Hall–Kier alpha value is -3.15. The van der Waals surface area contributed by atoms with E-state index in [1.807, 2.05) is 0 Å². The van der Waals surface area contributed by atoms with E-state index >= 15 is 0 Å². The van der Waals surface area contributed by atoms with Crippen LogP contribution in [0.15, 0.2) is 48.5 Å². The number of hydrogen-bond donors (Lipinski definition) is 0. The molecule has 0 radical (unpaired) electrons. The lowest BCUT2D eigenvalue weighted by Gasteiger charge is -2.54. The summed E-state index contributed by atoms with van der Waals surface area (Å²) in [6.07, 6.45) is -11.1. The van der Waals surface area contributed by atoms with Gasteiger partial charge >= 0.3 is 18.3 Å². The van der Waals surface area contributed by atoms with Crippen molar-refractivity contribution in [1.29, 1.82) is 0 Å². The van der Waals surface area contributed by atoms with Crippen LogP contribution in [0.1, 0.15) is 54.5 Å². The summed E-state index contributed by atoms with van der Waals surface area (Å²) < 4.78 is 90.2. The van der Waals surface area contributed by atoms with E-state index in [-0.39, 0.29) is 37.5 Å². The van der Waals surface area contributed by atoms with Crippen LogP contribution in [0.2, 0.25) is 0 Å². The number of carbonyl (C=O) groups excluding carboxylic acids is 1. The standard InChI is InChI=1S/C25H25F6NO5/c1-16(17-8-19(24(26,27)28)10-20(9-17)25(29,30)31)37-15-23(18-6-4-3-5-7-18)12-22(13-23,14-32(34)35)11-21(33)36-2/h3-10,16H,11-15H2,1-2H3/t16-,22?,23?/m1/s1. The normalized spacial score (nSPS) is 22.7. The highest BCUT2D eigenvalue weighted by Crippen LogP contribution is 2.58. The van der Waals surface area contributed by atoms with Gasteiger partial charge in [-0.15, -0.1) is 0 Å². The van der Waals surface area contributed by atoms with Gasteiger partial charge in [-0.1, -0.05) is 30.3 Å². The number of hydrogen-bond acceptors (Lipinski definition) is 5. The van der Waals surface area contributed by atoms with E-state index in [0.717, 1.165) is 5.56 Å². The highest BCUT2D eigenvalue weighted by molar-refractivity contribution is 5.70. The molecule has 0 amide bonds. The minimum atomic E-state index is -5.00. The van der Waals surface area contributed by atoms with Crippen molar-refractivity contribution in [2.24, 2.45) is 5.41 Å². The SMILES string of the molecule is COC(=O)CC1(C[N+](=O)[O-])CC(CO[C@H](C)c2cc(C(F)(F)F)cc(C(F)(F)F)c2)(c2ccccc2)C1. The van der Waals surface area contributed by atoms with Gasteiger partial charge in [-0.3, -0.25) is 14.9 Å². The summed E-state index contributed by atoms with van der Waals surface area (Å²) in [6, 6.07) is 10.0. The summed E-state index contributed by atoms with van der Waals surface area (Å²) in [7, 11) is 1.17. The Morgan fingerprint density at radius 2 is 1.57 bits per heavy atom. The minimum Gasteiger partial charge on any atom is -0.469 e. The fourth-order valence-electron chi connectivity index (χ4n) is 5.10. The molecular formula is C25H25F6NO5. The lowest BCUT2D eigenvalue weighted by Crippen LogP contribution is -2.56. The topological polar surface area (TPSA) is 78.7 Å². The molecule has 6 nitrogen and oxygen atoms in total. The summed E-state index contributed by atoms with van der Waals surface area (Å²) in [5, 5.41) is 11.3. The van der Waals surface area contributed by atoms with Gasteiger partial charge in [0.15, 0.2) is 0 Å². The van der Waals surface area contributed by atoms with Crippen LogP contribution in [0.25, 0.3) is 0 Å². The van der Waals surface area contributed by atoms with Gasteiger partial charge in [0, 0.05) is 15.8 Å². The number of ether oxygens (including phenoxy) is 2. The predicted octanol–water partition coefficient (Wildman–Crippen LogP) is 6.36. The van der Waals surface area contributed by atoms with Crippen LogP contribution in [0.4, 0.5) is 26.3 Å². The van der Waals surface area contributed by atoms with Crippen LogP contribution in [-0.2, 0) is 32.0 Å². The molecule has 2 aromatic rings. The molecule has 0 N–H and O–H groups in total. The Kier molecular flexibility index (Phi) is 7.92. The van der Waals surface area contributed by atoms with Gasteiger partial charge in [0.05, 0.1) is 37.4 Å². The molecule has 0 heterocycles. The van der Waals surface area contributed by atoms with Gasteiger partial charge in [-0.05, 0) is 49.1 Å². The van der Waals surface area contributed by atoms with Gasteiger partial charge < -0.3 is 9.47 Å². The van der Waals surface area contributed by atoms with Crippen molar-refractivity contribution in [2.45, 2.75) is 50.1 Å². The molecule has 0 bridgehead atoms. The molecule has 37 heavy (non-hydrogen) atoms. The van der Waals surface area contributed by atoms with Gasteiger partial charge in [0.2, 0.25) is 6.54 Å². The summed E-state index contributed by atoms with van der Waals surface area (Å²) >= 11 is 0. The van der Waals surface area contributed by atoms with Crippen LogP contribution in [0, 0.1) is 15.5 Å². The highest BCUT2D eigenvalue weighted by Gasteiger charge is 2.59. The van der Waals surface area contributed by atoms with E-state index in [9.17, 15) is 41.3 Å². The second kappa shape index (κ2) is 10.3. The Bertz CT molecular complexity index is 1090. The third kappa shape index (κ3) is 6.60. The van der Waals surface area contributed by atoms with E-state index in [4.69, 9.17) is 9.47 Å². The van der Waals surface area contributed by atoms with Gasteiger partial charge in [-0.2, -0.15) is 26.3 Å². The number of rotatable bonds is 9. The Morgan fingerprint density at radius 1 is 1.03 bits per heavy atom. The summed E-state index contributed by atoms with van der Waals surface area (Å²) in [6.45, 7) is 0.691. The fraction of sp³-hybridized carbons (Fsp3) is 0.480. The zero-order valence-electron chi connectivity index (χ0n) is 20.0. The third-order valence-electron chi connectivity index (χ3n) is 6.71. The number of esters is 1. The first kappa shape index (κ1) is 28.4. The van der Waals surface area contributed by atoms with E-state index in [1.165, 1.54) is 14.0 Å². The number of nitro groups is 1. The van der Waals surface area contributed by atoms with Crippen LogP contribution in [0.5, 0.6) is 0 Å². The van der Waals surface area contributed by atoms with Crippen LogP contribution < -0.4 is 0 Å². The van der Waals surface area contributed by atoms with Crippen molar-refractivity contribution in [3.8, 4) is 0 Å². The summed E-state index contributed by atoms with van der Waals surface area (Å²) in [5.41, 5.74) is -4.34. The van der Waals surface area contributed by atoms with Crippen molar-refractivity contribution in [3.05, 3.63) is 80.9 Å². The van der Waals surface area contributed by atoms with Crippen molar-refractivity contribution in [3.63, 3.8) is 0 Å².